The normalized spacial score (nSPS) is 12.9. The number of hydrogen-bond donors (Lipinski definition) is 1. The molecule has 38 heavy (non-hydrogen) atoms. The molecule has 0 amide bonds. The highest BCUT2D eigenvalue weighted by atomic mass is 32.2. The van der Waals surface area contributed by atoms with E-state index in [0.717, 1.165) is 33.3 Å². The van der Waals surface area contributed by atoms with E-state index in [1.807, 2.05) is 85.3 Å². The van der Waals surface area contributed by atoms with Crippen LogP contribution in [0.5, 0.6) is 0 Å². The van der Waals surface area contributed by atoms with E-state index in [-0.39, 0.29) is 4.90 Å². The van der Waals surface area contributed by atoms with Crippen molar-refractivity contribution >= 4 is 26.8 Å². The summed E-state index contributed by atoms with van der Waals surface area (Å²) in [5, 5.41) is 13.4. The van der Waals surface area contributed by atoms with E-state index < -0.39 is 16.1 Å². The van der Waals surface area contributed by atoms with Crippen molar-refractivity contribution < 1.29 is 8.42 Å². The summed E-state index contributed by atoms with van der Waals surface area (Å²) in [7, 11) is -3.87. The Hall–Kier alpha value is -4.30. The molecule has 7 nitrogen and oxygen atoms in total. The summed E-state index contributed by atoms with van der Waals surface area (Å²) in [6.45, 7) is 3.95. The summed E-state index contributed by atoms with van der Waals surface area (Å²) in [6, 6.07) is 32.2. The van der Waals surface area contributed by atoms with Gasteiger partial charge < -0.3 is 0 Å². The largest absolute Gasteiger partial charge is 0.276 e. The van der Waals surface area contributed by atoms with E-state index in [2.05, 4.69) is 32.4 Å². The predicted molar refractivity (Wildman–Crippen MR) is 151 cm³/mol. The van der Waals surface area contributed by atoms with E-state index in [0.29, 0.717) is 18.6 Å². The first-order chi connectivity index (χ1) is 18.4. The molecular weight excluding hydrogens is 494 g/mol. The molecule has 1 aromatic heterocycles. The fourth-order valence-electron chi connectivity index (χ4n) is 4.36. The van der Waals surface area contributed by atoms with E-state index in [1.165, 1.54) is 0 Å². The molecule has 0 radical (unpaired) electrons. The first-order valence-electron chi connectivity index (χ1n) is 12.5. The molecule has 1 atom stereocenters. The van der Waals surface area contributed by atoms with Crippen molar-refractivity contribution in [2.45, 2.75) is 37.6 Å². The number of hydrazone groups is 1. The molecule has 4 aromatic carbocycles. The van der Waals surface area contributed by atoms with E-state index in [4.69, 9.17) is 0 Å². The Balaban J connectivity index is 1.60. The molecule has 192 valence electrons. The number of aromatic nitrogens is 3. The minimum Gasteiger partial charge on any atom is -0.231 e. The molecule has 5 rings (SSSR count). The van der Waals surface area contributed by atoms with Crippen LogP contribution in [0.25, 0.3) is 11.0 Å². The second-order valence-electron chi connectivity index (χ2n) is 9.33. The fourth-order valence-corrected chi connectivity index (χ4v) is 5.20. The van der Waals surface area contributed by atoms with Gasteiger partial charge in [0.25, 0.3) is 10.0 Å². The highest BCUT2D eigenvalue weighted by Gasteiger charge is 2.25. The average molecular weight is 524 g/mol. The van der Waals surface area contributed by atoms with Crippen LogP contribution in [0.1, 0.15) is 34.7 Å². The fraction of sp³-hybridized carbons (Fsp3) is 0.167. The highest BCUT2D eigenvalue weighted by molar-refractivity contribution is 7.89. The summed E-state index contributed by atoms with van der Waals surface area (Å²) in [5.41, 5.74) is 6.40. The second-order valence-corrected chi connectivity index (χ2v) is 11.0. The monoisotopic (exact) mass is 523 g/mol. The second kappa shape index (κ2) is 11.0. The maximum atomic E-state index is 13.2. The van der Waals surface area contributed by atoms with Gasteiger partial charge in [-0.05, 0) is 62.1 Å². The maximum absolute atomic E-state index is 13.2. The SMILES string of the molecule is Cc1ccc(C(/C(CCc2ccccc2)=N/NS(=O)(=O)c2ccc(C)cc2)n2nnc3ccccc32)cc1. The van der Waals surface area contributed by atoms with Crippen molar-refractivity contribution in [3.63, 3.8) is 0 Å². The summed E-state index contributed by atoms with van der Waals surface area (Å²) >= 11 is 0. The molecule has 5 aromatic rings. The zero-order valence-electron chi connectivity index (χ0n) is 21.3. The van der Waals surface area contributed by atoms with Crippen LogP contribution >= 0.6 is 0 Å². The van der Waals surface area contributed by atoms with Gasteiger partial charge in [0, 0.05) is 0 Å². The molecule has 0 bridgehead atoms. The van der Waals surface area contributed by atoms with Gasteiger partial charge in [0.15, 0.2) is 0 Å². The number of rotatable bonds is 9. The lowest BCUT2D eigenvalue weighted by atomic mass is 9.96. The van der Waals surface area contributed by atoms with Crippen molar-refractivity contribution in [2.24, 2.45) is 5.10 Å². The number of sulfonamides is 1. The maximum Gasteiger partial charge on any atom is 0.276 e. The van der Waals surface area contributed by atoms with Crippen LogP contribution in [0.3, 0.4) is 0 Å². The van der Waals surface area contributed by atoms with Crippen LogP contribution in [-0.4, -0.2) is 29.1 Å². The van der Waals surface area contributed by atoms with Gasteiger partial charge >= 0.3 is 0 Å². The Bertz CT molecular complexity index is 1660. The lowest BCUT2D eigenvalue weighted by molar-refractivity contribution is 0.581. The lowest BCUT2D eigenvalue weighted by Gasteiger charge is -2.21. The Kier molecular flexibility index (Phi) is 7.33. The molecular formula is C30H29N5O2S. The van der Waals surface area contributed by atoms with E-state index in [9.17, 15) is 8.42 Å². The van der Waals surface area contributed by atoms with Gasteiger partial charge in [-0.2, -0.15) is 13.5 Å². The topological polar surface area (TPSA) is 89.2 Å². The first kappa shape index (κ1) is 25.4. The first-order valence-corrected chi connectivity index (χ1v) is 13.9. The van der Waals surface area contributed by atoms with Crippen LogP contribution in [0, 0.1) is 13.8 Å². The minimum absolute atomic E-state index is 0.160. The van der Waals surface area contributed by atoms with Gasteiger partial charge in [-0.15, -0.1) is 5.10 Å². The van der Waals surface area contributed by atoms with Gasteiger partial charge in [0.1, 0.15) is 11.6 Å². The van der Waals surface area contributed by atoms with Crippen molar-refractivity contribution in [2.75, 3.05) is 0 Å². The van der Waals surface area contributed by atoms with Crippen LogP contribution in [0.15, 0.2) is 113 Å². The zero-order valence-corrected chi connectivity index (χ0v) is 22.1. The van der Waals surface area contributed by atoms with Crippen molar-refractivity contribution in [1.29, 1.82) is 0 Å². The third-order valence-corrected chi connectivity index (χ3v) is 7.71. The van der Waals surface area contributed by atoms with Crippen molar-refractivity contribution in [3.05, 3.63) is 125 Å². The third kappa shape index (κ3) is 5.65. The molecule has 0 saturated heterocycles. The molecule has 8 heteroatoms. The smallest absolute Gasteiger partial charge is 0.231 e. The molecule has 1 heterocycles. The quantitative estimate of drug-likeness (QED) is 0.201. The van der Waals surface area contributed by atoms with E-state index >= 15 is 0 Å². The van der Waals surface area contributed by atoms with Gasteiger partial charge in [-0.1, -0.05) is 95.2 Å². The molecule has 0 aliphatic carbocycles. The van der Waals surface area contributed by atoms with Crippen LogP contribution < -0.4 is 4.83 Å². The Morgan fingerprint density at radius 3 is 2.18 bits per heavy atom. The number of benzene rings is 4. The van der Waals surface area contributed by atoms with Gasteiger partial charge in [0.2, 0.25) is 0 Å². The number of nitrogens with one attached hydrogen (secondary N) is 1. The highest BCUT2D eigenvalue weighted by Crippen LogP contribution is 2.26. The zero-order chi connectivity index (χ0) is 26.5. The molecule has 1 N–H and O–H groups in total. The number of nitrogens with zero attached hydrogens (tertiary/aromatic N) is 4. The van der Waals surface area contributed by atoms with Crippen molar-refractivity contribution in [3.8, 4) is 0 Å². The van der Waals surface area contributed by atoms with Gasteiger partial charge in [0.05, 0.1) is 16.1 Å². The number of aryl methyl sites for hydroxylation is 3. The predicted octanol–water partition coefficient (Wildman–Crippen LogP) is 5.60. The minimum atomic E-state index is -3.87. The average Bonchev–Trinajstić information content (AvgIpc) is 3.35. The Labute approximate surface area is 222 Å². The Morgan fingerprint density at radius 2 is 1.47 bits per heavy atom. The molecule has 0 spiro atoms. The Morgan fingerprint density at radius 1 is 0.842 bits per heavy atom. The van der Waals surface area contributed by atoms with Crippen LogP contribution in [-0.2, 0) is 16.4 Å². The van der Waals surface area contributed by atoms with Crippen LogP contribution in [0.2, 0.25) is 0 Å². The lowest BCUT2D eigenvalue weighted by Crippen LogP contribution is -2.27. The molecule has 1 unspecified atom stereocenters. The summed E-state index contributed by atoms with van der Waals surface area (Å²) < 4.78 is 28.2. The van der Waals surface area contributed by atoms with Crippen LogP contribution in [0.4, 0.5) is 0 Å². The number of hydrogen-bond acceptors (Lipinski definition) is 5. The molecule has 0 aliphatic heterocycles. The molecule has 0 aliphatic rings. The van der Waals surface area contributed by atoms with Gasteiger partial charge in [-0.3, -0.25) is 0 Å². The summed E-state index contributed by atoms with van der Waals surface area (Å²) in [6.07, 6.45) is 1.19. The molecule has 0 fully saturated rings. The van der Waals surface area contributed by atoms with E-state index in [1.54, 1.807) is 24.3 Å². The molecule has 0 saturated carbocycles. The summed E-state index contributed by atoms with van der Waals surface area (Å²) in [5.74, 6) is 0. The standard InChI is InChI=1S/C30H29N5O2S/c1-22-12-17-25(18-13-22)30(35-29-11-7-6-10-27(29)31-33-35)28(21-16-24-8-4-3-5-9-24)32-34-38(36,37)26-19-14-23(2)15-20-26/h3-15,17-20,30,34H,16,21H2,1-2H3/b32-28+. The number of fused-ring (bicyclic) bond motifs is 1. The van der Waals surface area contributed by atoms with Crippen molar-refractivity contribution in [1.82, 2.24) is 19.8 Å². The summed E-state index contributed by atoms with van der Waals surface area (Å²) in [4.78, 5) is 2.66. The third-order valence-electron chi connectivity index (χ3n) is 6.48. The van der Waals surface area contributed by atoms with Gasteiger partial charge in [-0.25, -0.2) is 9.51 Å². The number of para-hydroxylation sites is 1.